The van der Waals surface area contributed by atoms with Crippen LogP contribution in [0.3, 0.4) is 0 Å². The number of carbonyl (C=O) groups excluding carboxylic acids is 2. The van der Waals surface area contributed by atoms with Gasteiger partial charge in [0.05, 0.1) is 11.3 Å². The van der Waals surface area contributed by atoms with E-state index in [1.54, 1.807) is 18.2 Å². The van der Waals surface area contributed by atoms with Gasteiger partial charge in [-0.3, -0.25) is 9.59 Å². The zero-order valence-electron chi connectivity index (χ0n) is 16.1. The summed E-state index contributed by atoms with van der Waals surface area (Å²) in [6, 6.07) is 23.2. The topological polar surface area (TPSA) is 72.4 Å². The predicted molar refractivity (Wildman–Crippen MR) is 116 cm³/mol. The highest BCUT2D eigenvalue weighted by Gasteiger charge is 2.18. The number of hydrogen-bond donors (Lipinski definition) is 2. The molecule has 3 aromatic carbocycles. The molecule has 0 fully saturated rings. The highest BCUT2D eigenvalue weighted by molar-refractivity contribution is 6.13. The number of aromatic nitrogens is 1. The Kier molecular flexibility index (Phi) is 4.44. The minimum absolute atomic E-state index is 0.000372. The van der Waals surface area contributed by atoms with E-state index < -0.39 is 0 Å². The summed E-state index contributed by atoms with van der Waals surface area (Å²) in [4.78, 5) is 24.6. The number of anilines is 2. The Morgan fingerprint density at radius 2 is 1.83 bits per heavy atom. The van der Waals surface area contributed by atoms with E-state index in [-0.39, 0.29) is 18.4 Å². The molecular weight excluding hydrogens is 378 g/mol. The van der Waals surface area contributed by atoms with E-state index in [0.717, 1.165) is 16.5 Å². The summed E-state index contributed by atoms with van der Waals surface area (Å²) in [7, 11) is 0. The minimum atomic E-state index is -0.213. The molecule has 0 unspecified atom stereocenters. The molecule has 0 saturated carbocycles. The van der Waals surface area contributed by atoms with Gasteiger partial charge in [0.15, 0.2) is 6.61 Å². The Labute approximate surface area is 173 Å². The maximum Gasteiger partial charge on any atom is 0.262 e. The van der Waals surface area contributed by atoms with Gasteiger partial charge in [0.2, 0.25) is 0 Å². The number of carbonyl (C=O) groups is 2. The molecule has 30 heavy (non-hydrogen) atoms. The quantitative estimate of drug-likeness (QED) is 0.540. The smallest absolute Gasteiger partial charge is 0.262 e. The third-order valence-electron chi connectivity index (χ3n) is 5.10. The molecule has 2 heterocycles. The Morgan fingerprint density at radius 3 is 2.70 bits per heavy atom. The molecule has 2 N–H and O–H groups in total. The standard InChI is InChI=1S/C24H19N3O3/c28-23-15-30-22-11-10-17(12-20(22)26-23)25-24(29)19-14-27(13-16-6-2-1-3-7-16)21-9-5-4-8-18(19)21/h1-12,14H,13,15H2,(H,25,29)(H,26,28). The van der Waals surface area contributed by atoms with Crippen molar-refractivity contribution < 1.29 is 14.3 Å². The summed E-state index contributed by atoms with van der Waals surface area (Å²) in [6.07, 6.45) is 1.89. The third kappa shape index (κ3) is 3.39. The number of nitrogens with zero attached hydrogens (tertiary/aromatic N) is 1. The van der Waals surface area contributed by atoms with Gasteiger partial charge in [-0.25, -0.2) is 0 Å². The summed E-state index contributed by atoms with van der Waals surface area (Å²) >= 11 is 0. The van der Waals surface area contributed by atoms with Crippen molar-refractivity contribution in [2.75, 3.05) is 17.2 Å². The second kappa shape index (κ2) is 7.40. The fraction of sp³-hybridized carbons (Fsp3) is 0.0833. The highest BCUT2D eigenvalue weighted by Crippen LogP contribution is 2.31. The van der Waals surface area contributed by atoms with Crippen molar-refractivity contribution in [1.82, 2.24) is 4.57 Å². The molecule has 0 aliphatic carbocycles. The SMILES string of the molecule is O=C1COc2ccc(NC(=O)c3cn(Cc4ccccc4)c4ccccc34)cc2N1. The number of benzene rings is 3. The zero-order chi connectivity index (χ0) is 20.5. The van der Waals surface area contributed by atoms with Crippen molar-refractivity contribution in [3.63, 3.8) is 0 Å². The van der Waals surface area contributed by atoms with E-state index in [2.05, 4.69) is 27.3 Å². The monoisotopic (exact) mass is 397 g/mol. The fourth-order valence-electron chi connectivity index (χ4n) is 3.70. The fourth-order valence-corrected chi connectivity index (χ4v) is 3.70. The number of nitrogens with one attached hydrogen (secondary N) is 2. The van der Waals surface area contributed by atoms with Crippen LogP contribution >= 0.6 is 0 Å². The second-order valence-corrected chi connectivity index (χ2v) is 7.18. The van der Waals surface area contributed by atoms with Crippen LogP contribution in [0.1, 0.15) is 15.9 Å². The zero-order valence-corrected chi connectivity index (χ0v) is 16.1. The van der Waals surface area contributed by atoms with Crippen LogP contribution in [0.25, 0.3) is 10.9 Å². The van der Waals surface area contributed by atoms with E-state index in [1.807, 2.05) is 48.7 Å². The summed E-state index contributed by atoms with van der Waals surface area (Å²) in [6.45, 7) is 0.677. The van der Waals surface area contributed by atoms with Crippen molar-refractivity contribution >= 4 is 34.1 Å². The Bertz CT molecular complexity index is 1260. The molecule has 6 heteroatoms. The molecule has 4 aromatic rings. The first-order valence-corrected chi connectivity index (χ1v) is 9.67. The van der Waals surface area contributed by atoms with Crippen LogP contribution in [0.2, 0.25) is 0 Å². The van der Waals surface area contributed by atoms with Gasteiger partial charge < -0.3 is 19.9 Å². The first-order valence-electron chi connectivity index (χ1n) is 9.67. The van der Waals surface area contributed by atoms with Gasteiger partial charge in [-0.15, -0.1) is 0 Å². The van der Waals surface area contributed by atoms with E-state index in [0.29, 0.717) is 29.2 Å². The molecule has 0 saturated heterocycles. The summed E-state index contributed by atoms with van der Waals surface area (Å²) in [5, 5.41) is 6.58. The molecule has 0 spiro atoms. The minimum Gasteiger partial charge on any atom is -0.482 e. The van der Waals surface area contributed by atoms with Gasteiger partial charge in [-0.05, 0) is 29.8 Å². The lowest BCUT2D eigenvalue weighted by Gasteiger charge is -2.18. The van der Waals surface area contributed by atoms with Crippen molar-refractivity contribution in [3.8, 4) is 5.75 Å². The van der Waals surface area contributed by atoms with Crippen LogP contribution in [0.4, 0.5) is 11.4 Å². The molecule has 2 amide bonds. The van der Waals surface area contributed by atoms with E-state index in [9.17, 15) is 9.59 Å². The lowest BCUT2D eigenvalue weighted by atomic mass is 10.1. The van der Waals surface area contributed by atoms with Crippen molar-refractivity contribution in [1.29, 1.82) is 0 Å². The van der Waals surface area contributed by atoms with Gasteiger partial charge in [-0.2, -0.15) is 0 Å². The molecule has 5 rings (SSSR count). The third-order valence-corrected chi connectivity index (χ3v) is 5.10. The number of ether oxygens (including phenoxy) is 1. The van der Waals surface area contributed by atoms with Crippen molar-refractivity contribution in [2.45, 2.75) is 6.54 Å². The number of amides is 2. The van der Waals surface area contributed by atoms with Crippen molar-refractivity contribution in [3.05, 3.63) is 90.1 Å². The average Bonchev–Trinajstić information content (AvgIpc) is 3.13. The first-order chi connectivity index (χ1) is 14.7. The van der Waals surface area contributed by atoms with E-state index in [1.165, 1.54) is 0 Å². The lowest BCUT2D eigenvalue weighted by Crippen LogP contribution is -2.25. The van der Waals surface area contributed by atoms with Gasteiger partial charge in [0.25, 0.3) is 11.8 Å². The van der Waals surface area contributed by atoms with Crippen LogP contribution in [0.15, 0.2) is 79.0 Å². The van der Waals surface area contributed by atoms with Gasteiger partial charge >= 0.3 is 0 Å². The normalized spacial score (nSPS) is 12.7. The predicted octanol–water partition coefficient (Wildman–Crippen LogP) is 4.27. The largest absolute Gasteiger partial charge is 0.482 e. The van der Waals surface area contributed by atoms with Gasteiger partial charge in [0, 0.05) is 29.3 Å². The molecule has 0 atom stereocenters. The summed E-state index contributed by atoms with van der Waals surface area (Å²) < 4.78 is 7.45. The summed E-state index contributed by atoms with van der Waals surface area (Å²) in [5.74, 6) is 0.169. The number of hydrogen-bond acceptors (Lipinski definition) is 3. The Morgan fingerprint density at radius 1 is 1.03 bits per heavy atom. The number of para-hydroxylation sites is 1. The van der Waals surface area contributed by atoms with E-state index >= 15 is 0 Å². The molecule has 148 valence electrons. The van der Waals surface area contributed by atoms with Crippen LogP contribution in [0.5, 0.6) is 5.75 Å². The van der Waals surface area contributed by atoms with Crippen LogP contribution < -0.4 is 15.4 Å². The number of fused-ring (bicyclic) bond motifs is 2. The first kappa shape index (κ1) is 18.0. The van der Waals surface area contributed by atoms with E-state index in [4.69, 9.17) is 4.74 Å². The second-order valence-electron chi connectivity index (χ2n) is 7.18. The maximum atomic E-state index is 13.1. The molecule has 1 aromatic heterocycles. The van der Waals surface area contributed by atoms with Crippen LogP contribution in [0, 0.1) is 0 Å². The lowest BCUT2D eigenvalue weighted by molar-refractivity contribution is -0.118. The molecule has 6 nitrogen and oxygen atoms in total. The Balaban J connectivity index is 1.45. The molecular formula is C24H19N3O3. The summed E-state index contributed by atoms with van der Waals surface area (Å²) in [5.41, 5.74) is 3.90. The average molecular weight is 397 g/mol. The molecule has 0 radical (unpaired) electrons. The van der Waals surface area contributed by atoms with Crippen LogP contribution in [-0.4, -0.2) is 23.0 Å². The highest BCUT2D eigenvalue weighted by atomic mass is 16.5. The molecule has 0 bridgehead atoms. The molecule has 1 aliphatic heterocycles. The molecule has 1 aliphatic rings. The van der Waals surface area contributed by atoms with Gasteiger partial charge in [0.1, 0.15) is 5.75 Å². The number of rotatable bonds is 4. The Hall–Kier alpha value is -4.06. The van der Waals surface area contributed by atoms with Crippen molar-refractivity contribution in [2.24, 2.45) is 0 Å². The van der Waals surface area contributed by atoms with Gasteiger partial charge in [-0.1, -0.05) is 48.5 Å². The maximum absolute atomic E-state index is 13.1. The van der Waals surface area contributed by atoms with Crippen LogP contribution in [-0.2, 0) is 11.3 Å².